The zero-order valence-electron chi connectivity index (χ0n) is 12.1. The van der Waals surface area contributed by atoms with Crippen LogP contribution in [0.3, 0.4) is 0 Å². The first kappa shape index (κ1) is 13.4. The molecule has 0 bridgehead atoms. The van der Waals surface area contributed by atoms with E-state index in [-0.39, 0.29) is 17.6 Å². The summed E-state index contributed by atoms with van der Waals surface area (Å²) in [5.74, 6) is 1.78. The van der Waals surface area contributed by atoms with Crippen molar-refractivity contribution in [3.63, 3.8) is 0 Å². The van der Waals surface area contributed by atoms with E-state index in [1.807, 2.05) is 4.68 Å². The van der Waals surface area contributed by atoms with Crippen molar-refractivity contribution >= 4 is 6.03 Å². The highest BCUT2D eigenvalue weighted by molar-refractivity contribution is 5.74. The van der Waals surface area contributed by atoms with Crippen molar-refractivity contribution < 1.29 is 9.53 Å². The van der Waals surface area contributed by atoms with Crippen LogP contribution in [-0.4, -0.2) is 40.1 Å². The van der Waals surface area contributed by atoms with E-state index in [2.05, 4.69) is 41.5 Å². The number of fused-ring (bicyclic) bond motifs is 1. The Morgan fingerprint density at radius 1 is 1.45 bits per heavy atom. The van der Waals surface area contributed by atoms with Gasteiger partial charge in [-0.2, -0.15) is 5.10 Å². The number of carbonyl (C=O) groups is 1. The highest BCUT2D eigenvalue weighted by Crippen LogP contribution is 2.43. The maximum absolute atomic E-state index is 11.9. The van der Waals surface area contributed by atoms with Crippen LogP contribution in [0.4, 0.5) is 4.79 Å². The summed E-state index contributed by atoms with van der Waals surface area (Å²) in [7, 11) is 0. The number of nitrogens with one attached hydrogen (secondary N) is 2. The maximum atomic E-state index is 11.9. The minimum absolute atomic E-state index is 0.144. The van der Waals surface area contributed by atoms with E-state index in [0.29, 0.717) is 18.4 Å². The predicted octanol–water partition coefficient (Wildman–Crippen LogP) is 0.477. The summed E-state index contributed by atoms with van der Waals surface area (Å²) >= 11 is 0. The SMILES string of the molecule is CC(C)(C)n1ncnc1CNC(=O)NC1[C@H]2COC[C@@H]12. The number of rotatable bonds is 3. The molecule has 2 heterocycles. The summed E-state index contributed by atoms with van der Waals surface area (Å²) in [6.45, 7) is 8.08. The molecule has 0 spiro atoms. The first-order chi connectivity index (χ1) is 9.47. The van der Waals surface area contributed by atoms with Crippen molar-refractivity contribution in [2.24, 2.45) is 11.8 Å². The third kappa shape index (κ3) is 2.49. The molecule has 1 aliphatic carbocycles. The van der Waals surface area contributed by atoms with Crippen LogP contribution in [0.25, 0.3) is 0 Å². The number of urea groups is 1. The molecule has 1 saturated heterocycles. The minimum atomic E-state index is -0.146. The summed E-state index contributed by atoms with van der Waals surface area (Å²) in [4.78, 5) is 16.1. The molecule has 0 radical (unpaired) electrons. The van der Waals surface area contributed by atoms with Gasteiger partial charge in [-0.1, -0.05) is 0 Å². The molecule has 0 aromatic carbocycles. The lowest BCUT2D eigenvalue weighted by atomic mass is 10.1. The van der Waals surface area contributed by atoms with Crippen LogP contribution in [-0.2, 0) is 16.8 Å². The molecule has 7 nitrogen and oxygen atoms in total. The van der Waals surface area contributed by atoms with E-state index in [1.165, 1.54) is 6.33 Å². The van der Waals surface area contributed by atoms with Crippen molar-refractivity contribution in [1.82, 2.24) is 25.4 Å². The van der Waals surface area contributed by atoms with Gasteiger partial charge in [-0.25, -0.2) is 14.5 Å². The largest absolute Gasteiger partial charge is 0.381 e. The molecule has 2 amide bonds. The van der Waals surface area contributed by atoms with E-state index in [1.54, 1.807) is 0 Å². The first-order valence-electron chi connectivity index (χ1n) is 6.98. The number of carbonyl (C=O) groups excluding carboxylic acids is 1. The number of ether oxygens (including phenoxy) is 1. The number of nitrogens with zero attached hydrogens (tertiary/aromatic N) is 3. The van der Waals surface area contributed by atoms with Crippen molar-refractivity contribution in [1.29, 1.82) is 0 Å². The fourth-order valence-corrected chi connectivity index (χ4v) is 2.76. The highest BCUT2D eigenvalue weighted by atomic mass is 16.5. The van der Waals surface area contributed by atoms with Gasteiger partial charge < -0.3 is 15.4 Å². The second-order valence-electron chi connectivity index (χ2n) is 6.48. The molecule has 20 heavy (non-hydrogen) atoms. The Morgan fingerprint density at radius 2 is 2.15 bits per heavy atom. The Balaban J connectivity index is 1.50. The molecule has 1 aliphatic heterocycles. The Kier molecular flexibility index (Phi) is 3.16. The Bertz CT molecular complexity index is 497. The third-order valence-electron chi connectivity index (χ3n) is 3.91. The summed E-state index contributed by atoms with van der Waals surface area (Å²) in [6.07, 6.45) is 1.52. The Hall–Kier alpha value is -1.63. The van der Waals surface area contributed by atoms with Crippen molar-refractivity contribution in [2.45, 2.75) is 38.9 Å². The van der Waals surface area contributed by atoms with E-state index >= 15 is 0 Å². The summed E-state index contributed by atoms with van der Waals surface area (Å²) < 4.78 is 7.12. The van der Waals surface area contributed by atoms with Gasteiger partial charge in [0.25, 0.3) is 0 Å². The van der Waals surface area contributed by atoms with Gasteiger partial charge in [0.2, 0.25) is 0 Å². The van der Waals surface area contributed by atoms with Gasteiger partial charge >= 0.3 is 6.03 Å². The molecule has 7 heteroatoms. The zero-order valence-corrected chi connectivity index (χ0v) is 12.1. The lowest BCUT2D eigenvalue weighted by molar-refractivity contribution is 0.156. The molecule has 2 fully saturated rings. The monoisotopic (exact) mass is 279 g/mol. The van der Waals surface area contributed by atoms with Crippen molar-refractivity contribution in [3.05, 3.63) is 12.2 Å². The summed E-state index contributed by atoms with van der Waals surface area (Å²) in [5.41, 5.74) is -0.144. The molecule has 110 valence electrons. The van der Waals surface area contributed by atoms with Gasteiger partial charge in [-0.05, 0) is 20.8 Å². The van der Waals surface area contributed by atoms with Gasteiger partial charge in [-0.3, -0.25) is 0 Å². The minimum Gasteiger partial charge on any atom is -0.381 e. The molecule has 1 unspecified atom stereocenters. The highest BCUT2D eigenvalue weighted by Gasteiger charge is 2.54. The van der Waals surface area contributed by atoms with Crippen LogP contribution in [0.15, 0.2) is 6.33 Å². The van der Waals surface area contributed by atoms with Gasteiger partial charge in [0.15, 0.2) is 0 Å². The molecule has 3 atom stereocenters. The predicted molar refractivity (Wildman–Crippen MR) is 72.0 cm³/mol. The Labute approximate surface area is 118 Å². The molecule has 1 aromatic heterocycles. The van der Waals surface area contributed by atoms with Crippen LogP contribution < -0.4 is 10.6 Å². The van der Waals surface area contributed by atoms with Crippen LogP contribution in [0.5, 0.6) is 0 Å². The van der Waals surface area contributed by atoms with Crippen LogP contribution >= 0.6 is 0 Å². The molecule has 1 aromatic rings. The van der Waals surface area contributed by atoms with Crippen LogP contribution in [0.1, 0.15) is 26.6 Å². The second kappa shape index (κ2) is 4.73. The molecular weight excluding hydrogens is 258 g/mol. The van der Waals surface area contributed by atoms with E-state index < -0.39 is 0 Å². The van der Waals surface area contributed by atoms with Gasteiger partial charge in [-0.15, -0.1) is 0 Å². The van der Waals surface area contributed by atoms with Gasteiger partial charge in [0.05, 0.1) is 25.3 Å². The smallest absolute Gasteiger partial charge is 0.315 e. The fraction of sp³-hybridized carbons (Fsp3) is 0.769. The summed E-state index contributed by atoms with van der Waals surface area (Å²) in [6, 6.07) is 0.136. The Morgan fingerprint density at radius 3 is 2.80 bits per heavy atom. The third-order valence-corrected chi connectivity index (χ3v) is 3.91. The quantitative estimate of drug-likeness (QED) is 0.843. The van der Waals surface area contributed by atoms with Crippen molar-refractivity contribution in [2.75, 3.05) is 13.2 Å². The van der Waals surface area contributed by atoms with Gasteiger partial charge in [0.1, 0.15) is 12.2 Å². The van der Waals surface area contributed by atoms with E-state index in [0.717, 1.165) is 19.0 Å². The zero-order chi connectivity index (χ0) is 14.3. The molecule has 2 aliphatic rings. The number of hydrogen-bond acceptors (Lipinski definition) is 4. The molecule has 3 rings (SSSR count). The fourth-order valence-electron chi connectivity index (χ4n) is 2.76. The molecule has 2 N–H and O–H groups in total. The lowest BCUT2D eigenvalue weighted by Crippen LogP contribution is -2.39. The molecular formula is C13H21N5O2. The van der Waals surface area contributed by atoms with Gasteiger partial charge in [0, 0.05) is 17.9 Å². The number of aromatic nitrogens is 3. The lowest BCUT2D eigenvalue weighted by Gasteiger charge is -2.21. The maximum Gasteiger partial charge on any atom is 0.315 e. The van der Waals surface area contributed by atoms with Crippen LogP contribution in [0, 0.1) is 11.8 Å². The molecule has 1 saturated carbocycles. The standard InChI is InChI=1S/C13H21N5O2/c1-13(2,3)18-10(15-7-16-18)4-14-12(19)17-11-8-5-20-6-9(8)11/h7-9,11H,4-6H2,1-3H3,(H2,14,17,19)/t8-,9+,11?. The number of hydrogen-bond donors (Lipinski definition) is 2. The summed E-state index contributed by atoms with van der Waals surface area (Å²) in [5, 5.41) is 10.0. The average molecular weight is 279 g/mol. The second-order valence-corrected chi connectivity index (χ2v) is 6.48. The first-order valence-corrected chi connectivity index (χ1v) is 6.98. The van der Waals surface area contributed by atoms with Crippen LogP contribution in [0.2, 0.25) is 0 Å². The van der Waals surface area contributed by atoms with E-state index in [9.17, 15) is 4.79 Å². The number of amides is 2. The normalized spacial score (nSPS) is 28.1. The van der Waals surface area contributed by atoms with Crippen molar-refractivity contribution in [3.8, 4) is 0 Å². The average Bonchev–Trinajstić information content (AvgIpc) is 2.83. The van der Waals surface area contributed by atoms with E-state index in [4.69, 9.17) is 4.74 Å². The topological polar surface area (TPSA) is 81.1 Å².